The molecule has 9 heteroatoms. The molecule has 8 nitrogen and oxygen atoms in total. The number of fused-ring (bicyclic) bond motifs is 1. The van der Waals surface area contributed by atoms with Crippen LogP contribution in [0.4, 0.5) is 16.0 Å². The number of halogens is 1. The van der Waals surface area contributed by atoms with Gasteiger partial charge < -0.3 is 16.4 Å². The van der Waals surface area contributed by atoms with E-state index in [4.69, 9.17) is 5.73 Å². The maximum Gasteiger partial charge on any atom is 0.253 e. The second-order valence-electron chi connectivity index (χ2n) is 6.37. The number of carbonyl (C=O) groups is 1. The van der Waals surface area contributed by atoms with E-state index in [9.17, 15) is 14.4 Å². The van der Waals surface area contributed by atoms with Gasteiger partial charge >= 0.3 is 0 Å². The predicted molar refractivity (Wildman–Crippen MR) is 103 cm³/mol. The van der Waals surface area contributed by atoms with Gasteiger partial charge in [0, 0.05) is 11.4 Å². The number of rotatable bonds is 5. The van der Waals surface area contributed by atoms with E-state index in [0.717, 1.165) is 0 Å². The first-order chi connectivity index (χ1) is 13.4. The number of amides is 1. The standard InChI is InChI=1S/C19H18FN7O/c1-10(2)26-19(28)12-6-11-4-3-5-14(20)16(11)27-15(12)8-23-18-13(7-21)17(22)24-9-25-18/h3-6,9-10H,8H2,1-2H3,(H,26,28)(H3,22,23,24,25). The first-order valence-corrected chi connectivity index (χ1v) is 8.54. The molecule has 1 aromatic carbocycles. The molecule has 0 saturated carbocycles. The Labute approximate surface area is 160 Å². The lowest BCUT2D eigenvalue weighted by atomic mass is 10.1. The number of hydrogen-bond acceptors (Lipinski definition) is 7. The van der Waals surface area contributed by atoms with Crippen LogP contribution in [0.15, 0.2) is 30.6 Å². The van der Waals surface area contributed by atoms with Gasteiger partial charge in [-0.05, 0) is 26.0 Å². The number of anilines is 2. The molecule has 28 heavy (non-hydrogen) atoms. The van der Waals surface area contributed by atoms with Gasteiger partial charge in [0.25, 0.3) is 5.91 Å². The van der Waals surface area contributed by atoms with Crippen LogP contribution in [0.5, 0.6) is 0 Å². The van der Waals surface area contributed by atoms with Crippen molar-refractivity contribution in [2.24, 2.45) is 0 Å². The molecule has 2 aromatic heterocycles. The Bertz CT molecular complexity index is 1090. The summed E-state index contributed by atoms with van der Waals surface area (Å²) in [6.45, 7) is 3.72. The number of benzene rings is 1. The van der Waals surface area contributed by atoms with E-state index in [1.54, 1.807) is 18.2 Å². The fourth-order valence-corrected chi connectivity index (χ4v) is 2.68. The molecule has 0 aliphatic carbocycles. The predicted octanol–water partition coefficient (Wildman–Crippen LogP) is 2.37. The maximum absolute atomic E-state index is 14.2. The van der Waals surface area contributed by atoms with Gasteiger partial charge in [0.2, 0.25) is 0 Å². The summed E-state index contributed by atoms with van der Waals surface area (Å²) in [6.07, 6.45) is 1.22. The van der Waals surface area contributed by atoms with Crippen LogP contribution >= 0.6 is 0 Å². The van der Waals surface area contributed by atoms with Crippen molar-refractivity contribution in [3.63, 3.8) is 0 Å². The normalized spacial score (nSPS) is 10.7. The fraction of sp³-hybridized carbons (Fsp3) is 0.211. The Balaban J connectivity index is 2.03. The lowest BCUT2D eigenvalue weighted by Gasteiger charge is -2.14. The van der Waals surface area contributed by atoms with Crippen LogP contribution < -0.4 is 16.4 Å². The number of nitrogens with two attached hydrogens (primary N) is 1. The molecule has 3 aromatic rings. The number of nitrogen functional groups attached to an aromatic ring is 1. The number of aromatic nitrogens is 3. The van der Waals surface area contributed by atoms with E-state index >= 15 is 0 Å². The number of nitrogens with one attached hydrogen (secondary N) is 2. The molecule has 0 atom stereocenters. The minimum absolute atomic E-state index is 0.0373. The Morgan fingerprint density at radius 1 is 1.36 bits per heavy atom. The summed E-state index contributed by atoms with van der Waals surface area (Å²) >= 11 is 0. The Morgan fingerprint density at radius 2 is 2.14 bits per heavy atom. The van der Waals surface area contributed by atoms with E-state index in [-0.39, 0.29) is 41.2 Å². The van der Waals surface area contributed by atoms with Crippen molar-refractivity contribution in [1.29, 1.82) is 5.26 Å². The van der Waals surface area contributed by atoms with Crippen LogP contribution in [0.3, 0.4) is 0 Å². The van der Waals surface area contributed by atoms with Crippen LogP contribution in [-0.2, 0) is 6.54 Å². The summed E-state index contributed by atoms with van der Waals surface area (Å²) in [6, 6.07) is 8.00. The second-order valence-corrected chi connectivity index (χ2v) is 6.37. The summed E-state index contributed by atoms with van der Waals surface area (Å²) in [5, 5.41) is 15.5. The SMILES string of the molecule is CC(C)NC(=O)c1cc2cccc(F)c2nc1CNc1ncnc(N)c1C#N. The highest BCUT2D eigenvalue weighted by Gasteiger charge is 2.17. The molecule has 4 N–H and O–H groups in total. The molecule has 1 amide bonds. The zero-order valence-electron chi connectivity index (χ0n) is 15.3. The molecule has 0 aliphatic rings. The third kappa shape index (κ3) is 3.81. The van der Waals surface area contributed by atoms with Crippen molar-refractivity contribution >= 4 is 28.4 Å². The van der Waals surface area contributed by atoms with Gasteiger partial charge in [0.05, 0.1) is 17.8 Å². The average molecular weight is 379 g/mol. The number of pyridine rings is 1. The molecule has 0 spiro atoms. The highest BCUT2D eigenvalue weighted by atomic mass is 19.1. The number of para-hydroxylation sites is 1. The summed E-state index contributed by atoms with van der Waals surface area (Å²) in [7, 11) is 0. The number of nitriles is 1. The number of carbonyl (C=O) groups excluding carboxylic acids is 1. The van der Waals surface area contributed by atoms with Gasteiger partial charge in [0.1, 0.15) is 40.9 Å². The van der Waals surface area contributed by atoms with Crippen molar-refractivity contribution < 1.29 is 9.18 Å². The second kappa shape index (κ2) is 7.84. The van der Waals surface area contributed by atoms with Crippen LogP contribution in [0.2, 0.25) is 0 Å². The largest absolute Gasteiger partial charge is 0.382 e. The van der Waals surface area contributed by atoms with Crippen molar-refractivity contribution in [1.82, 2.24) is 20.3 Å². The zero-order chi connectivity index (χ0) is 20.3. The zero-order valence-corrected chi connectivity index (χ0v) is 15.3. The summed E-state index contributed by atoms with van der Waals surface area (Å²) in [5.41, 5.74) is 6.55. The smallest absolute Gasteiger partial charge is 0.253 e. The van der Waals surface area contributed by atoms with Gasteiger partial charge in [0.15, 0.2) is 0 Å². The highest BCUT2D eigenvalue weighted by Crippen LogP contribution is 2.22. The van der Waals surface area contributed by atoms with Crippen LogP contribution in [0, 0.1) is 17.1 Å². The fourth-order valence-electron chi connectivity index (χ4n) is 2.68. The van der Waals surface area contributed by atoms with Gasteiger partial charge in [-0.15, -0.1) is 0 Å². The Morgan fingerprint density at radius 3 is 2.86 bits per heavy atom. The molecule has 3 rings (SSSR count). The number of nitrogens with zero attached hydrogens (tertiary/aromatic N) is 4. The van der Waals surface area contributed by atoms with E-state index in [1.807, 2.05) is 19.9 Å². The van der Waals surface area contributed by atoms with Crippen LogP contribution in [-0.4, -0.2) is 26.9 Å². The van der Waals surface area contributed by atoms with Crippen molar-refractivity contribution in [3.05, 3.63) is 53.2 Å². The molecule has 0 fully saturated rings. The van der Waals surface area contributed by atoms with Gasteiger partial charge in [-0.2, -0.15) is 5.26 Å². The molecule has 0 radical (unpaired) electrons. The topological polar surface area (TPSA) is 130 Å². The van der Waals surface area contributed by atoms with Gasteiger partial charge in [-0.25, -0.2) is 19.3 Å². The minimum Gasteiger partial charge on any atom is -0.382 e. The molecular weight excluding hydrogens is 361 g/mol. The summed E-state index contributed by atoms with van der Waals surface area (Å²) in [5.74, 6) is -0.567. The first-order valence-electron chi connectivity index (χ1n) is 8.54. The van der Waals surface area contributed by atoms with E-state index in [1.165, 1.54) is 12.4 Å². The number of hydrogen-bond donors (Lipinski definition) is 3. The summed E-state index contributed by atoms with van der Waals surface area (Å²) < 4.78 is 14.2. The van der Waals surface area contributed by atoms with E-state index < -0.39 is 5.82 Å². The first kappa shape index (κ1) is 19.0. The van der Waals surface area contributed by atoms with Crippen molar-refractivity contribution in [2.45, 2.75) is 26.4 Å². The lowest BCUT2D eigenvalue weighted by Crippen LogP contribution is -2.31. The van der Waals surface area contributed by atoms with Crippen LogP contribution in [0.1, 0.15) is 35.5 Å². The minimum atomic E-state index is -0.487. The molecule has 2 heterocycles. The maximum atomic E-state index is 14.2. The Kier molecular flexibility index (Phi) is 5.31. The van der Waals surface area contributed by atoms with E-state index in [0.29, 0.717) is 16.6 Å². The third-order valence-corrected chi connectivity index (χ3v) is 3.95. The summed E-state index contributed by atoms with van der Waals surface area (Å²) in [4.78, 5) is 24.7. The molecule has 0 aliphatic heterocycles. The van der Waals surface area contributed by atoms with Crippen LogP contribution in [0.25, 0.3) is 10.9 Å². The average Bonchev–Trinajstić information content (AvgIpc) is 2.65. The van der Waals surface area contributed by atoms with Gasteiger partial charge in [-0.1, -0.05) is 12.1 Å². The van der Waals surface area contributed by atoms with E-state index in [2.05, 4.69) is 25.6 Å². The quantitative estimate of drug-likeness (QED) is 0.620. The molecule has 0 saturated heterocycles. The molecule has 142 valence electrons. The van der Waals surface area contributed by atoms with Gasteiger partial charge in [-0.3, -0.25) is 4.79 Å². The monoisotopic (exact) mass is 379 g/mol. The highest BCUT2D eigenvalue weighted by molar-refractivity contribution is 5.99. The Hall–Kier alpha value is -3.80. The molecular formula is C19H18FN7O. The van der Waals surface area contributed by atoms with Crippen molar-refractivity contribution in [2.75, 3.05) is 11.1 Å². The lowest BCUT2D eigenvalue weighted by molar-refractivity contribution is 0.0942. The third-order valence-electron chi connectivity index (χ3n) is 3.95. The van der Waals surface area contributed by atoms with Crippen molar-refractivity contribution in [3.8, 4) is 6.07 Å². The molecule has 0 unspecified atom stereocenters. The molecule has 0 bridgehead atoms.